The molecule has 1 aromatic carbocycles. The number of benzene rings is 1. The van der Waals surface area contributed by atoms with Gasteiger partial charge in [0.05, 0.1) is 31.8 Å². The summed E-state index contributed by atoms with van der Waals surface area (Å²) in [6.45, 7) is 7.92. The molecule has 4 aromatic rings. The number of carbonyl (C=O) groups is 2. The van der Waals surface area contributed by atoms with Gasteiger partial charge in [0.1, 0.15) is 16.9 Å². The largest absolute Gasteiger partial charge is 0.461 e. The van der Waals surface area contributed by atoms with Gasteiger partial charge < -0.3 is 20.2 Å². The molecule has 3 N–H and O–H groups in total. The molecule has 3 aromatic heterocycles. The molecule has 0 radical (unpaired) electrons. The number of nitrogens with two attached hydrogens (primary N) is 1. The van der Waals surface area contributed by atoms with Gasteiger partial charge in [-0.05, 0) is 57.2 Å². The van der Waals surface area contributed by atoms with E-state index in [9.17, 15) is 9.59 Å². The van der Waals surface area contributed by atoms with Gasteiger partial charge in [-0.2, -0.15) is 4.98 Å². The first kappa shape index (κ1) is 30.7. The van der Waals surface area contributed by atoms with Gasteiger partial charge >= 0.3 is 5.97 Å². The summed E-state index contributed by atoms with van der Waals surface area (Å²) in [5, 5.41) is 13.1. The number of hydrogen-bond donors (Lipinski definition) is 2. The molecule has 44 heavy (non-hydrogen) atoms. The minimum atomic E-state index is -0.688. The van der Waals surface area contributed by atoms with E-state index in [1.807, 2.05) is 35.8 Å². The van der Waals surface area contributed by atoms with Crippen molar-refractivity contribution in [2.24, 2.45) is 10.7 Å². The number of nitrogens with one attached hydrogen (secondary N) is 1. The summed E-state index contributed by atoms with van der Waals surface area (Å²) in [6, 6.07) is 6.86. The Balaban J connectivity index is 1.41. The van der Waals surface area contributed by atoms with E-state index in [4.69, 9.17) is 31.5 Å². The highest BCUT2D eigenvalue weighted by molar-refractivity contribution is 7.15. The summed E-state index contributed by atoms with van der Waals surface area (Å²) in [5.41, 5.74) is 9.03. The van der Waals surface area contributed by atoms with Gasteiger partial charge in [0.15, 0.2) is 5.82 Å². The summed E-state index contributed by atoms with van der Waals surface area (Å²) >= 11 is 7.82. The predicted molar refractivity (Wildman–Crippen MR) is 166 cm³/mol. The van der Waals surface area contributed by atoms with Crippen molar-refractivity contribution in [3.05, 3.63) is 79.8 Å². The third kappa shape index (κ3) is 6.29. The molecule has 1 aliphatic heterocycles. The fourth-order valence-electron chi connectivity index (χ4n) is 4.57. The predicted octanol–water partition coefficient (Wildman–Crippen LogP) is 3.83. The lowest BCUT2D eigenvalue weighted by atomic mass is 9.99. The fraction of sp³-hybridized carbons (Fsp3) is 0.290. The molecule has 0 unspecified atom stereocenters. The number of aliphatic imine (C=N–C) groups is 1. The fourth-order valence-corrected chi connectivity index (χ4v) is 5.91. The van der Waals surface area contributed by atoms with E-state index in [1.165, 1.54) is 0 Å². The minimum Gasteiger partial charge on any atom is -0.461 e. The Labute approximate surface area is 262 Å². The highest BCUT2D eigenvalue weighted by atomic mass is 35.5. The lowest BCUT2D eigenvalue weighted by Crippen LogP contribution is -2.26. The van der Waals surface area contributed by atoms with Gasteiger partial charge in [-0.15, -0.1) is 21.5 Å². The van der Waals surface area contributed by atoms with E-state index in [1.54, 1.807) is 18.3 Å². The first-order valence-electron chi connectivity index (χ1n) is 13.7. The van der Waals surface area contributed by atoms with Crippen LogP contribution in [0.4, 0.5) is 0 Å². The molecule has 11 nitrogen and oxygen atoms in total. The summed E-state index contributed by atoms with van der Waals surface area (Å²) in [5.74, 6) is 11.0. The standard InChI is InChI=1S/C31H28ClN7O4S/c1-5-42-31(41)28-23(43-25(36-28)9-6-14-33)8-7-15-34-24(40)16-22-29-38-37-19(4)39(29)30-26(17(2)18(3)44-30)27(35-22)20-10-12-21(32)13-11-20/h10-13,22H,5,14-16,33H2,1-4H3,(H,34,40)/t22-/m0/s1. The van der Waals surface area contributed by atoms with Crippen molar-refractivity contribution in [2.75, 3.05) is 19.7 Å². The van der Waals surface area contributed by atoms with Crippen LogP contribution in [0.5, 0.6) is 0 Å². The highest BCUT2D eigenvalue weighted by Gasteiger charge is 2.32. The Kier molecular flexibility index (Phi) is 9.26. The number of thiophene rings is 1. The van der Waals surface area contributed by atoms with Crippen LogP contribution in [0.25, 0.3) is 5.00 Å². The average Bonchev–Trinajstić information content (AvgIpc) is 3.65. The van der Waals surface area contributed by atoms with Crippen molar-refractivity contribution < 1.29 is 18.7 Å². The number of amides is 1. The van der Waals surface area contributed by atoms with E-state index >= 15 is 0 Å². The number of fused-ring (bicyclic) bond motifs is 3. The second-order valence-corrected chi connectivity index (χ2v) is 11.3. The zero-order valence-corrected chi connectivity index (χ0v) is 26.0. The van der Waals surface area contributed by atoms with Crippen molar-refractivity contribution in [1.29, 1.82) is 0 Å². The molecule has 0 bridgehead atoms. The zero-order valence-electron chi connectivity index (χ0n) is 24.4. The molecule has 1 atom stereocenters. The Morgan fingerprint density at radius 2 is 1.93 bits per heavy atom. The normalized spacial score (nSPS) is 13.3. The van der Waals surface area contributed by atoms with Crippen LogP contribution < -0.4 is 11.1 Å². The van der Waals surface area contributed by atoms with Gasteiger partial charge in [0, 0.05) is 21.0 Å². The van der Waals surface area contributed by atoms with Crippen molar-refractivity contribution in [3.8, 4) is 28.7 Å². The summed E-state index contributed by atoms with van der Waals surface area (Å²) < 4.78 is 12.5. The van der Waals surface area contributed by atoms with Crippen LogP contribution >= 0.6 is 22.9 Å². The number of aryl methyl sites for hydroxylation is 2. The quantitative estimate of drug-likeness (QED) is 0.241. The first-order valence-corrected chi connectivity index (χ1v) is 14.9. The number of nitrogens with zero attached hydrogens (tertiary/aromatic N) is 5. The van der Waals surface area contributed by atoms with Crippen LogP contribution in [0.3, 0.4) is 0 Å². The van der Waals surface area contributed by atoms with Crippen LogP contribution in [-0.4, -0.2) is 57.0 Å². The third-order valence-corrected chi connectivity index (χ3v) is 8.15. The summed E-state index contributed by atoms with van der Waals surface area (Å²) in [4.78, 5) is 35.8. The monoisotopic (exact) mass is 629 g/mol. The van der Waals surface area contributed by atoms with Gasteiger partial charge in [0.2, 0.25) is 17.4 Å². The van der Waals surface area contributed by atoms with E-state index in [2.05, 4.69) is 58.0 Å². The molecule has 13 heteroatoms. The number of rotatable bonds is 6. The molecule has 1 aliphatic rings. The number of ether oxygens (including phenoxy) is 1. The van der Waals surface area contributed by atoms with E-state index in [-0.39, 0.29) is 49.4 Å². The number of halogens is 1. The zero-order chi connectivity index (χ0) is 31.4. The molecule has 4 heterocycles. The number of aromatic nitrogens is 4. The maximum absolute atomic E-state index is 13.2. The third-order valence-electron chi connectivity index (χ3n) is 6.71. The van der Waals surface area contributed by atoms with Crippen molar-refractivity contribution in [2.45, 2.75) is 40.2 Å². The minimum absolute atomic E-state index is 0.000909. The van der Waals surface area contributed by atoms with E-state index < -0.39 is 12.0 Å². The average molecular weight is 630 g/mol. The topological polar surface area (TPSA) is 151 Å². The Hall–Kier alpha value is -4.75. The van der Waals surface area contributed by atoms with Gasteiger partial charge in [-0.3, -0.25) is 14.4 Å². The maximum atomic E-state index is 13.2. The van der Waals surface area contributed by atoms with Gasteiger partial charge in [-0.1, -0.05) is 35.6 Å². The van der Waals surface area contributed by atoms with Crippen molar-refractivity contribution in [1.82, 2.24) is 25.1 Å². The lowest BCUT2D eigenvalue weighted by molar-refractivity contribution is -0.121. The highest BCUT2D eigenvalue weighted by Crippen LogP contribution is 2.39. The summed E-state index contributed by atoms with van der Waals surface area (Å²) in [7, 11) is 0. The smallest absolute Gasteiger partial charge is 0.361 e. The number of hydrogen-bond acceptors (Lipinski definition) is 10. The van der Waals surface area contributed by atoms with Gasteiger partial charge in [0.25, 0.3) is 5.89 Å². The van der Waals surface area contributed by atoms with E-state index in [0.29, 0.717) is 16.7 Å². The second kappa shape index (κ2) is 13.3. The molecule has 5 rings (SSSR count). The lowest BCUT2D eigenvalue weighted by Gasteiger charge is -2.12. The number of oxazole rings is 1. The Morgan fingerprint density at radius 3 is 2.66 bits per heavy atom. The molecule has 0 spiro atoms. The molecule has 224 valence electrons. The van der Waals surface area contributed by atoms with Crippen LogP contribution in [0.15, 0.2) is 33.7 Å². The second-order valence-electron chi connectivity index (χ2n) is 9.61. The summed E-state index contributed by atoms with van der Waals surface area (Å²) in [6.07, 6.45) is -0.000909. The van der Waals surface area contributed by atoms with Crippen LogP contribution in [0.1, 0.15) is 74.7 Å². The number of esters is 1. The van der Waals surface area contributed by atoms with Crippen LogP contribution in [-0.2, 0) is 9.53 Å². The Bertz CT molecular complexity index is 1900. The van der Waals surface area contributed by atoms with Crippen molar-refractivity contribution >= 4 is 40.5 Å². The van der Waals surface area contributed by atoms with Gasteiger partial charge in [-0.25, -0.2) is 4.79 Å². The molecular formula is C31H28ClN7O4S. The molecular weight excluding hydrogens is 602 g/mol. The molecule has 0 aliphatic carbocycles. The van der Waals surface area contributed by atoms with Crippen molar-refractivity contribution in [3.63, 3.8) is 0 Å². The maximum Gasteiger partial charge on any atom is 0.361 e. The molecule has 1 amide bonds. The molecule has 0 fully saturated rings. The first-order chi connectivity index (χ1) is 21.2. The Morgan fingerprint density at radius 1 is 1.16 bits per heavy atom. The molecule has 0 saturated carbocycles. The van der Waals surface area contributed by atoms with Crippen LogP contribution in [0, 0.1) is 44.5 Å². The molecule has 0 saturated heterocycles. The van der Waals surface area contributed by atoms with Crippen LogP contribution in [0.2, 0.25) is 5.02 Å². The number of carbonyl (C=O) groups excluding carboxylic acids is 2. The SMILES string of the molecule is CCOC(=O)c1nc(C#CCN)oc1C#CCNC(=O)C[C@@H]1N=C(c2ccc(Cl)cc2)c2c(sc(C)c2C)-n2c(C)nnc21. The van der Waals surface area contributed by atoms with E-state index in [0.717, 1.165) is 32.3 Å².